The molecule has 2 aromatic rings. The summed E-state index contributed by atoms with van der Waals surface area (Å²) in [6.07, 6.45) is -0.361. The monoisotopic (exact) mass is 247 g/mol. The maximum atomic E-state index is 13.7. The zero-order valence-corrected chi connectivity index (χ0v) is 9.31. The van der Waals surface area contributed by atoms with Gasteiger partial charge in [-0.3, -0.25) is 9.59 Å². The maximum absolute atomic E-state index is 13.7. The van der Waals surface area contributed by atoms with E-state index in [1.54, 1.807) is 12.1 Å². The molecular weight excluding hydrogens is 237 g/mol. The summed E-state index contributed by atoms with van der Waals surface area (Å²) >= 11 is 0. The normalized spacial score (nSPS) is 10.3. The third kappa shape index (κ3) is 2.45. The zero-order valence-electron chi connectivity index (χ0n) is 9.31. The molecule has 92 valence electrons. The third-order valence-corrected chi connectivity index (χ3v) is 2.49. The number of rotatable bonds is 3. The summed E-state index contributed by atoms with van der Waals surface area (Å²) in [5, 5.41) is 8.78. The number of pyridine rings is 1. The fraction of sp³-hybridized carbons (Fsp3) is 0.0769. The van der Waals surface area contributed by atoms with Gasteiger partial charge in [-0.15, -0.1) is 0 Å². The van der Waals surface area contributed by atoms with Crippen molar-refractivity contribution < 1.29 is 14.3 Å². The molecule has 0 saturated heterocycles. The van der Waals surface area contributed by atoms with Crippen LogP contribution in [0.4, 0.5) is 4.39 Å². The lowest BCUT2D eigenvalue weighted by Gasteiger charge is -2.08. The van der Waals surface area contributed by atoms with Crippen molar-refractivity contribution in [1.29, 1.82) is 0 Å². The third-order valence-electron chi connectivity index (χ3n) is 2.49. The average molecular weight is 247 g/mol. The highest BCUT2D eigenvalue weighted by molar-refractivity contribution is 5.75. The molecule has 0 amide bonds. The Kier molecular flexibility index (Phi) is 3.23. The van der Waals surface area contributed by atoms with Crippen molar-refractivity contribution in [3.05, 3.63) is 58.3 Å². The van der Waals surface area contributed by atoms with Gasteiger partial charge >= 0.3 is 5.97 Å². The first-order chi connectivity index (χ1) is 8.58. The molecule has 5 heteroatoms. The van der Waals surface area contributed by atoms with E-state index in [4.69, 9.17) is 5.11 Å². The molecule has 0 aliphatic carbocycles. The molecule has 1 heterocycles. The van der Waals surface area contributed by atoms with Crippen LogP contribution in [0.5, 0.6) is 0 Å². The van der Waals surface area contributed by atoms with Crippen molar-refractivity contribution in [2.45, 2.75) is 6.42 Å². The van der Waals surface area contributed by atoms with E-state index in [0.717, 1.165) is 0 Å². The molecular formula is C13H10FNO3. The van der Waals surface area contributed by atoms with Crippen molar-refractivity contribution in [3.63, 3.8) is 0 Å². The van der Waals surface area contributed by atoms with Gasteiger partial charge in [-0.1, -0.05) is 18.2 Å². The van der Waals surface area contributed by atoms with Crippen LogP contribution in [0.3, 0.4) is 0 Å². The average Bonchev–Trinajstić information content (AvgIpc) is 2.30. The van der Waals surface area contributed by atoms with Crippen LogP contribution < -0.4 is 5.56 Å². The molecule has 0 fully saturated rings. The molecule has 0 aliphatic rings. The summed E-state index contributed by atoms with van der Waals surface area (Å²) in [6, 6.07) is 8.68. The summed E-state index contributed by atoms with van der Waals surface area (Å²) in [5.41, 5.74) is 0.437. The first kappa shape index (κ1) is 12.0. The first-order valence-corrected chi connectivity index (χ1v) is 5.27. The van der Waals surface area contributed by atoms with Gasteiger partial charge in [0.25, 0.3) is 0 Å². The summed E-state index contributed by atoms with van der Waals surface area (Å²) < 4.78 is 13.7. The molecule has 18 heavy (non-hydrogen) atoms. The standard InChI is InChI=1S/C13H10FNO3/c14-10-4-2-1-3-8(10)9-5-6-12(16)15-11(9)7-13(17)18/h1-6H,7H2,(H,15,16)(H,17,18). The minimum atomic E-state index is -1.09. The van der Waals surface area contributed by atoms with Crippen LogP contribution in [-0.2, 0) is 11.2 Å². The van der Waals surface area contributed by atoms with Gasteiger partial charge in [0, 0.05) is 22.9 Å². The molecule has 0 bridgehead atoms. The quantitative estimate of drug-likeness (QED) is 0.868. The van der Waals surface area contributed by atoms with E-state index in [1.165, 1.54) is 24.3 Å². The first-order valence-electron chi connectivity index (χ1n) is 5.27. The molecule has 0 aliphatic heterocycles. The van der Waals surface area contributed by atoms with Gasteiger partial charge in [0.1, 0.15) is 5.82 Å². The fourth-order valence-corrected chi connectivity index (χ4v) is 1.74. The Balaban J connectivity index is 2.60. The summed E-state index contributed by atoms with van der Waals surface area (Å²) in [5.74, 6) is -1.55. The topological polar surface area (TPSA) is 70.2 Å². The summed E-state index contributed by atoms with van der Waals surface area (Å²) in [4.78, 5) is 24.4. The van der Waals surface area contributed by atoms with Crippen LogP contribution in [0.15, 0.2) is 41.2 Å². The highest BCUT2D eigenvalue weighted by Crippen LogP contribution is 2.24. The number of hydrogen-bond acceptors (Lipinski definition) is 2. The number of carbonyl (C=O) groups is 1. The highest BCUT2D eigenvalue weighted by atomic mass is 19.1. The fourth-order valence-electron chi connectivity index (χ4n) is 1.74. The van der Waals surface area contributed by atoms with Crippen molar-refractivity contribution in [3.8, 4) is 11.1 Å². The zero-order chi connectivity index (χ0) is 13.1. The van der Waals surface area contributed by atoms with Gasteiger partial charge in [-0.05, 0) is 12.1 Å². The molecule has 2 N–H and O–H groups in total. The number of aromatic amines is 1. The van der Waals surface area contributed by atoms with Crippen molar-refractivity contribution in [2.75, 3.05) is 0 Å². The van der Waals surface area contributed by atoms with Crippen LogP contribution >= 0.6 is 0 Å². The van der Waals surface area contributed by atoms with E-state index in [1.807, 2.05) is 0 Å². The SMILES string of the molecule is O=C(O)Cc1[nH]c(=O)ccc1-c1ccccc1F. The van der Waals surface area contributed by atoms with Crippen molar-refractivity contribution in [2.24, 2.45) is 0 Å². The lowest BCUT2D eigenvalue weighted by molar-refractivity contribution is -0.136. The molecule has 0 unspecified atom stereocenters. The van der Waals surface area contributed by atoms with E-state index in [-0.39, 0.29) is 17.7 Å². The van der Waals surface area contributed by atoms with Gasteiger partial charge in [0.2, 0.25) is 5.56 Å². The van der Waals surface area contributed by atoms with Gasteiger partial charge in [0.15, 0.2) is 0 Å². The number of nitrogens with one attached hydrogen (secondary N) is 1. The lowest BCUT2D eigenvalue weighted by atomic mass is 10.0. The van der Waals surface area contributed by atoms with E-state index in [0.29, 0.717) is 5.56 Å². The Bertz CT molecular complexity index is 649. The van der Waals surface area contributed by atoms with Gasteiger partial charge < -0.3 is 10.1 Å². The minimum Gasteiger partial charge on any atom is -0.481 e. The summed E-state index contributed by atoms with van der Waals surface area (Å²) in [6.45, 7) is 0. The van der Waals surface area contributed by atoms with E-state index in [2.05, 4.69) is 4.98 Å². The molecule has 4 nitrogen and oxygen atoms in total. The van der Waals surface area contributed by atoms with Crippen LogP contribution in [0.25, 0.3) is 11.1 Å². The number of H-pyrrole nitrogens is 1. The molecule has 0 saturated carbocycles. The van der Waals surface area contributed by atoms with E-state index < -0.39 is 17.3 Å². The molecule has 2 rings (SSSR count). The lowest BCUT2D eigenvalue weighted by Crippen LogP contribution is -2.12. The number of carboxylic acids is 1. The number of aliphatic carboxylic acids is 1. The van der Waals surface area contributed by atoms with Crippen molar-refractivity contribution in [1.82, 2.24) is 4.98 Å². The number of carboxylic acid groups (broad SMARTS) is 1. The molecule has 0 radical (unpaired) electrons. The smallest absolute Gasteiger partial charge is 0.309 e. The molecule has 1 aromatic carbocycles. The Morgan fingerprint density at radius 1 is 1.17 bits per heavy atom. The van der Waals surface area contributed by atoms with Gasteiger partial charge in [-0.2, -0.15) is 0 Å². The predicted octanol–water partition coefficient (Wildman–Crippen LogP) is 1.81. The van der Waals surface area contributed by atoms with Crippen LogP contribution in [0.2, 0.25) is 0 Å². The van der Waals surface area contributed by atoms with Crippen LogP contribution in [-0.4, -0.2) is 16.1 Å². The molecule has 0 spiro atoms. The van der Waals surface area contributed by atoms with Crippen LogP contribution in [0.1, 0.15) is 5.69 Å². The maximum Gasteiger partial charge on any atom is 0.309 e. The Morgan fingerprint density at radius 2 is 1.89 bits per heavy atom. The Labute approximate surface area is 102 Å². The van der Waals surface area contributed by atoms with Crippen molar-refractivity contribution >= 4 is 5.97 Å². The van der Waals surface area contributed by atoms with Gasteiger partial charge in [-0.25, -0.2) is 4.39 Å². The number of hydrogen-bond donors (Lipinski definition) is 2. The van der Waals surface area contributed by atoms with E-state index >= 15 is 0 Å². The van der Waals surface area contributed by atoms with Crippen LogP contribution in [0, 0.1) is 5.82 Å². The largest absolute Gasteiger partial charge is 0.481 e. The second kappa shape index (κ2) is 4.83. The number of benzene rings is 1. The second-order valence-corrected chi connectivity index (χ2v) is 3.77. The minimum absolute atomic E-state index is 0.195. The van der Waals surface area contributed by atoms with E-state index in [9.17, 15) is 14.0 Å². The Morgan fingerprint density at radius 3 is 2.56 bits per heavy atom. The van der Waals surface area contributed by atoms with Gasteiger partial charge in [0.05, 0.1) is 6.42 Å². The summed E-state index contributed by atoms with van der Waals surface area (Å²) in [7, 11) is 0. The Hall–Kier alpha value is -2.43. The number of aromatic nitrogens is 1. The molecule has 0 atom stereocenters. The molecule has 1 aromatic heterocycles. The predicted molar refractivity (Wildman–Crippen MR) is 63.8 cm³/mol. The second-order valence-electron chi connectivity index (χ2n) is 3.77. The highest BCUT2D eigenvalue weighted by Gasteiger charge is 2.12. The number of halogens is 1.